The Hall–Kier alpha value is -1.63. The van der Waals surface area contributed by atoms with E-state index < -0.39 is 30.1 Å². The fraction of sp³-hybridized carbons (Fsp3) is 0.500. The minimum atomic E-state index is -1.85. The summed E-state index contributed by atoms with van der Waals surface area (Å²) in [5, 5.41) is 16.8. The van der Waals surface area contributed by atoms with Gasteiger partial charge in [-0.1, -0.05) is 0 Å². The molecule has 0 aliphatic carbocycles. The van der Waals surface area contributed by atoms with E-state index in [0.717, 1.165) is 6.92 Å². The van der Waals surface area contributed by atoms with Crippen LogP contribution in [-0.2, 0) is 19.1 Å². The molecule has 0 heterocycles. The molecule has 0 saturated carbocycles. The highest BCUT2D eigenvalue weighted by molar-refractivity contribution is 5.86. The SMILES string of the molecule is CC(=O)OC(C(=O)O)[C@H](N)C(=O)O. The van der Waals surface area contributed by atoms with Crippen molar-refractivity contribution < 1.29 is 29.3 Å². The minimum absolute atomic E-state index is 0.899. The van der Waals surface area contributed by atoms with Crippen LogP contribution in [0.5, 0.6) is 0 Å². The van der Waals surface area contributed by atoms with Crippen LogP contribution in [-0.4, -0.2) is 40.3 Å². The quantitative estimate of drug-likeness (QED) is 0.457. The van der Waals surface area contributed by atoms with Crippen LogP contribution in [0.15, 0.2) is 0 Å². The summed E-state index contributed by atoms with van der Waals surface area (Å²) in [6, 6.07) is -1.76. The summed E-state index contributed by atoms with van der Waals surface area (Å²) in [4.78, 5) is 31.0. The maximum atomic E-state index is 10.4. The number of esters is 1. The minimum Gasteiger partial charge on any atom is -0.480 e. The van der Waals surface area contributed by atoms with E-state index in [1.807, 2.05) is 0 Å². The van der Waals surface area contributed by atoms with E-state index in [2.05, 4.69) is 4.74 Å². The number of ether oxygens (including phenoxy) is 1. The fourth-order valence-electron chi connectivity index (χ4n) is 0.586. The average Bonchev–Trinajstić information content (AvgIpc) is 1.97. The second kappa shape index (κ2) is 4.41. The van der Waals surface area contributed by atoms with Crippen molar-refractivity contribution in [2.24, 2.45) is 5.73 Å². The summed E-state index contributed by atoms with van der Waals surface area (Å²) >= 11 is 0. The molecule has 0 aromatic carbocycles. The highest BCUT2D eigenvalue weighted by atomic mass is 16.6. The molecule has 13 heavy (non-hydrogen) atoms. The predicted molar refractivity (Wildman–Crippen MR) is 38.8 cm³/mol. The van der Waals surface area contributed by atoms with Gasteiger partial charge < -0.3 is 20.7 Å². The Labute approximate surface area is 73.1 Å². The van der Waals surface area contributed by atoms with Crippen molar-refractivity contribution in [3.8, 4) is 0 Å². The molecule has 0 bridgehead atoms. The molecule has 0 aliphatic heterocycles. The third-order valence-electron chi connectivity index (χ3n) is 1.15. The number of hydrogen-bond donors (Lipinski definition) is 3. The molecule has 0 rings (SSSR count). The molecule has 7 nitrogen and oxygen atoms in total. The molecule has 7 heteroatoms. The van der Waals surface area contributed by atoms with Crippen molar-refractivity contribution in [2.45, 2.75) is 19.1 Å². The van der Waals surface area contributed by atoms with Crippen LogP contribution in [0.2, 0.25) is 0 Å². The van der Waals surface area contributed by atoms with Gasteiger partial charge in [-0.3, -0.25) is 9.59 Å². The molecule has 0 spiro atoms. The van der Waals surface area contributed by atoms with Gasteiger partial charge in [-0.05, 0) is 0 Å². The van der Waals surface area contributed by atoms with E-state index in [-0.39, 0.29) is 0 Å². The lowest BCUT2D eigenvalue weighted by atomic mass is 10.2. The van der Waals surface area contributed by atoms with E-state index >= 15 is 0 Å². The van der Waals surface area contributed by atoms with Gasteiger partial charge in [0.2, 0.25) is 6.10 Å². The van der Waals surface area contributed by atoms with E-state index in [4.69, 9.17) is 15.9 Å². The molecular weight excluding hydrogens is 182 g/mol. The first-order valence-electron chi connectivity index (χ1n) is 3.24. The largest absolute Gasteiger partial charge is 0.480 e. The Bertz CT molecular complexity index is 237. The van der Waals surface area contributed by atoms with Gasteiger partial charge in [0.25, 0.3) is 0 Å². The molecule has 0 radical (unpaired) electrons. The van der Waals surface area contributed by atoms with Crippen LogP contribution in [0.1, 0.15) is 6.92 Å². The van der Waals surface area contributed by atoms with Gasteiger partial charge in [-0.25, -0.2) is 4.79 Å². The van der Waals surface area contributed by atoms with Crippen LogP contribution in [0.4, 0.5) is 0 Å². The third kappa shape index (κ3) is 3.52. The number of hydrogen-bond acceptors (Lipinski definition) is 5. The van der Waals surface area contributed by atoms with Gasteiger partial charge in [0.05, 0.1) is 0 Å². The smallest absolute Gasteiger partial charge is 0.347 e. The molecule has 4 N–H and O–H groups in total. The predicted octanol–water partition coefficient (Wildman–Crippen LogP) is -1.59. The summed E-state index contributed by atoms with van der Waals surface area (Å²) in [5.41, 5.74) is 4.95. The molecule has 74 valence electrons. The molecule has 0 amide bonds. The van der Waals surface area contributed by atoms with E-state index in [9.17, 15) is 14.4 Å². The molecule has 0 aliphatic rings. The monoisotopic (exact) mass is 191 g/mol. The molecule has 0 saturated heterocycles. The van der Waals surface area contributed by atoms with Crippen LogP contribution in [0, 0.1) is 0 Å². The molecule has 1 unspecified atom stereocenters. The first-order valence-corrected chi connectivity index (χ1v) is 3.24. The van der Waals surface area contributed by atoms with Crippen molar-refractivity contribution in [3.63, 3.8) is 0 Å². The van der Waals surface area contributed by atoms with Gasteiger partial charge in [-0.2, -0.15) is 0 Å². The Balaban J connectivity index is 4.51. The lowest BCUT2D eigenvalue weighted by Gasteiger charge is -2.15. The van der Waals surface area contributed by atoms with Crippen molar-refractivity contribution in [1.82, 2.24) is 0 Å². The van der Waals surface area contributed by atoms with Crippen molar-refractivity contribution in [2.75, 3.05) is 0 Å². The number of carboxylic acid groups (broad SMARTS) is 2. The van der Waals surface area contributed by atoms with Crippen molar-refractivity contribution in [1.29, 1.82) is 0 Å². The standard InChI is InChI=1S/C6H9NO6/c1-2(8)13-4(6(11)12)3(7)5(9)10/h3-4H,7H2,1H3,(H,9,10)(H,11,12)/t3-,4?/m0/s1. The zero-order valence-corrected chi connectivity index (χ0v) is 6.76. The number of carbonyl (C=O) groups is 3. The van der Waals surface area contributed by atoms with E-state index in [1.165, 1.54) is 0 Å². The fourth-order valence-corrected chi connectivity index (χ4v) is 0.586. The summed E-state index contributed by atoms with van der Waals surface area (Å²) in [6.45, 7) is 0.963. The Morgan fingerprint density at radius 1 is 1.23 bits per heavy atom. The second-order valence-electron chi connectivity index (χ2n) is 2.23. The number of rotatable bonds is 4. The first kappa shape index (κ1) is 11.4. The first-order chi connectivity index (χ1) is 5.86. The number of nitrogens with two attached hydrogens (primary N) is 1. The molecule has 2 atom stereocenters. The van der Waals surface area contributed by atoms with Crippen LogP contribution >= 0.6 is 0 Å². The van der Waals surface area contributed by atoms with Gasteiger partial charge in [-0.15, -0.1) is 0 Å². The lowest BCUT2D eigenvalue weighted by Crippen LogP contribution is -2.48. The maximum absolute atomic E-state index is 10.4. The van der Waals surface area contributed by atoms with Gasteiger partial charge >= 0.3 is 17.9 Å². The number of aliphatic carboxylic acids is 2. The topological polar surface area (TPSA) is 127 Å². The Morgan fingerprint density at radius 2 is 1.69 bits per heavy atom. The molecule has 0 fully saturated rings. The van der Waals surface area contributed by atoms with E-state index in [1.54, 1.807) is 0 Å². The Kier molecular flexibility index (Phi) is 3.86. The zero-order chi connectivity index (χ0) is 10.6. The number of carbonyl (C=O) groups excluding carboxylic acids is 1. The van der Waals surface area contributed by atoms with Gasteiger partial charge in [0, 0.05) is 6.92 Å². The molecule has 0 aromatic rings. The van der Waals surface area contributed by atoms with Gasteiger partial charge in [0.15, 0.2) is 6.04 Å². The van der Waals surface area contributed by atoms with Crippen molar-refractivity contribution in [3.05, 3.63) is 0 Å². The Morgan fingerprint density at radius 3 is 1.92 bits per heavy atom. The van der Waals surface area contributed by atoms with Gasteiger partial charge in [0.1, 0.15) is 0 Å². The van der Waals surface area contributed by atoms with Crippen LogP contribution in [0.25, 0.3) is 0 Å². The van der Waals surface area contributed by atoms with E-state index in [0.29, 0.717) is 0 Å². The average molecular weight is 191 g/mol. The van der Waals surface area contributed by atoms with Crippen LogP contribution in [0.3, 0.4) is 0 Å². The summed E-state index contributed by atoms with van der Waals surface area (Å²) < 4.78 is 4.19. The third-order valence-corrected chi connectivity index (χ3v) is 1.15. The zero-order valence-electron chi connectivity index (χ0n) is 6.76. The number of carboxylic acids is 2. The molecular formula is C6H9NO6. The second-order valence-corrected chi connectivity index (χ2v) is 2.23. The van der Waals surface area contributed by atoms with Crippen molar-refractivity contribution >= 4 is 17.9 Å². The highest BCUT2D eigenvalue weighted by Gasteiger charge is 2.33. The maximum Gasteiger partial charge on any atom is 0.347 e. The summed E-state index contributed by atoms with van der Waals surface area (Å²) in [7, 11) is 0. The molecule has 0 aromatic heterocycles. The lowest BCUT2D eigenvalue weighted by molar-refractivity contribution is -0.167. The highest BCUT2D eigenvalue weighted by Crippen LogP contribution is 1.98. The van der Waals surface area contributed by atoms with Crippen LogP contribution < -0.4 is 5.73 Å². The summed E-state index contributed by atoms with van der Waals surface area (Å²) in [6.07, 6.45) is -1.85. The summed E-state index contributed by atoms with van der Waals surface area (Å²) in [5.74, 6) is -4.04. The normalized spacial score (nSPS) is 14.3.